The summed E-state index contributed by atoms with van der Waals surface area (Å²) in [7, 11) is 0. The third-order valence-corrected chi connectivity index (χ3v) is 2.95. The van der Waals surface area contributed by atoms with Crippen molar-refractivity contribution >= 4 is 34.0 Å². The molecule has 0 bridgehead atoms. The Morgan fingerprint density at radius 2 is 2.36 bits per heavy atom. The van der Waals surface area contributed by atoms with Gasteiger partial charge in [-0.3, -0.25) is 4.79 Å². The number of carbonyl (C=O) groups excluding carboxylic acids is 1. The lowest BCUT2D eigenvalue weighted by atomic mass is 10.3. The third-order valence-electron chi connectivity index (χ3n) is 1.82. The average Bonchev–Trinajstić information content (AvgIpc) is 2.45. The molecule has 0 spiro atoms. The second-order valence-corrected chi connectivity index (χ2v) is 4.84. The van der Waals surface area contributed by atoms with Crippen LogP contribution in [0.3, 0.4) is 0 Å². The molecule has 0 radical (unpaired) electrons. The number of alkyl halides is 1. The molecule has 0 aliphatic carbocycles. The number of aromatic nitrogens is 1. The maximum atomic E-state index is 11.2. The predicted octanol–water partition coefficient (Wildman–Crippen LogP) is 2.58. The van der Waals surface area contributed by atoms with Crippen molar-refractivity contribution in [3.63, 3.8) is 0 Å². The standard InChI is InChI=1S/C9H13ClN2OS/c1-4-7-6(3)14-9(11-7)12-8(13)5(2)10/h5H,4H2,1-3H3,(H,11,12,13). The van der Waals surface area contributed by atoms with Gasteiger partial charge >= 0.3 is 0 Å². The van der Waals surface area contributed by atoms with E-state index in [1.165, 1.54) is 11.3 Å². The Labute approximate surface area is 92.5 Å². The molecule has 5 heteroatoms. The first-order valence-corrected chi connectivity index (χ1v) is 5.71. The summed E-state index contributed by atoms with van der Waals surface area (Å²) in [4.78, 5) is 16.7. The highest BCUT2D eigenvalue weighted by atomic mass is 35.5. The van der Waals surface area contributed by atoms with Crippen molar-refractivity contribution in [3.8, 4) is 0 Å². The largest absolute Gasteiger partial charge is 0.301 e. The minimum absolute atomic E-state index is 0.205. The van der Waals surface area contributed by atoms with Crippen LogP contribution < -0.4 is 5.32 Å². The first kappa shape index (κ1) is 11.5. The highest BCUT2D eigenvalue weighted by Crippen LogP contribution is 2.22. The van der Waals surface area contributed by atoms with E-state index in [4.69, 9.17) is 11.6 Å². The molecule has 78 valence electrons. The Kier molecular flexibility index (Phi) is 3.89. The molecule has 3 nitrogen and oxygen atoms in total. The number of thiazole rings is 1. The number of aryl methyl sites for hydroxylation is 2. The lowest BCUT2D eigenvalue weighted by Crippen LogP contribution is -2.20. The molecule has 1 atom stereocenters. The van der Waals surface area contributed by atoms with E-state index in [0.29, 0.717) is 5.13 Å². The van der Waals surface area contributed by atoms with Crippen molar-refractivity contribution in [2.45, 2.75) is 32.6 Å². The van der Waals surface area contributed by atoms with E-state index >= 15 is 0 Å². The van der Waals surface area contributed by atoms with Crippen molar-refractivity contribution in [3.05, 3.63) is 10.6 Å². The summed E-state index contributed by atoms with van der Waals surface area (Å²) < 4.78 is 0. The number of amides is 1. The van der Waals surface area contributed by atoms with E-state index in [0.717, 1.165) is 17.0 Å². The molecule has 0 aliphatic rings. The van der Waals surface area contributed by atoms with E-state index < -0.39 is 5.38 Å². The normalized spacial score (nSPS) is 12.6. The smallest absolute Gasteiger partial charge is 0.243 e. The van der Waals surface area contributed by atoms with Gasteiger partial charge in [0.1, 0.15) is 5.38 Å². The van der Waals surface area contributed by atoms with Gasteiger partial charge in [-0.25, -0.2) is 4.98 Å². The van der Waals surface area contributed by atoms with Crippen molar-refractivity contribution < 1.29 is 4.79 Å². The minimum Gasteiger partial charge on any atom is -0.301 e. The lowest BCUT2D eigenvalue weighted by molar-refractivity contribution is -0.115. The minimum atomic E-state index is -0.524. The maximum Gasteiger partial charge on any atom is 0.243 e. The number of hydrogen-bond acceptors (Lipinski definition) is 3. The maximum absolute atomic E-state index is 11.2. The van der Waals surface area contributed by atoms with Crippen LogP contribution in [-0.2, 0) is 11.2 Å². The Balaban J connectivity index is 2.73. The molecule has 1 rings (SSSR count). The number of rotatable bonds is 3. The van der Waals surface area contributed by atoms with Crippen LogP contribution in [0.25, 0.3) is 0 Å². The summed E-state index contributed by atoms with van der Waals surface area (Å²) in [6.45, 7) is 5.67. The Morgan fingerprint density at radius 1 is 1.71 bits per heavy atom. The summed E-state index contributed by atoms with van der Waals surface area (Å²) >= 11 is 7.11. The van der Waals surface area contributed by atoms with Gasteiger partial charge in [0, 0.05) is 4.88 Å². The zero-order valence-corrected chi connectivity index (χ0v) is 10.00. The molecule has 14 heavy (non-hydrogen) atoms. The van der Waals surface area contributed by atoms with E-state index in [1.54, 1.807) is 6.92 Å². The lowest BCUT2D eigenvalue weighted by Gasteiger charge is -2.01. The molecule has 0 saturated carbocycles. The Bertz CT molecular complexity index is 336. The van der Waals surface area contributed by atoms with Gasteiger partial charge in [-0.05, 0) is 20.3 Å². The average molecular weight is 233 g/mol. The molecule has 1 unspecified atom stereocenters. The number of carbonyl (C=O) groups is 1. The Morgan fingerprint density at radius 3 is 2.79 bits per heavy atom. The molecular weight excluding hydrogens is 220 g/mol. The van der Waals surface area contributed by atoms with Crippen LogP contribution in [0.4, 0.5) is 5.13 Å². The summed E-state index contributed by atoms with van der Waals surface area (Å²) in [6, 6.07) is 0. The molecule has 0 saturated heterocycles. The number of anilines is 1. The number of halogens is 1. The van der Waals surface area contributed by atoms with Crippen molar-refractivity contribution in [2.75, 3.05) is 5.32 Å². The summed E-state index contributed by atoms with van der Waals surface area (Å²) in [5, 5.41) is 2.79. The molecular formula is C9H13ClN2OS. The molecule has 0 aromatic carbocycles. The van der Waals surface area contributed by atoms with Crippen LogP contribution in [-0.4, -0.2) is 16.3 Å². The SMILES string of the molecule is CCc1nc(NC(=O)C(C)Cl)sc1C. The molecule has 1 amide bonds. The van der Waals surface area contributed by atoms with Gasteiger partial charge < -0.3 is 5.32 Å². The van der Waals surface area contributed by atoms with Crippen LogP contribution >= 0.6 is 22.9 Å². The quantitative estimate of drug-likeness (QED) is 0.814. The molecule has 1 N–H and O–H groups in total. The summed E-state index contributed by atoms with van der Waals surface area (Å²) in [5.41, 5.74) is 1.03. The first-order chi connectivity index (χ1) is 6.54. The van der Waals surface area contributed by atoms with Gasteiger partial charge in [0.25, 0.3) is 0 Å². The Hall–Kier alpha value is -0.610. The van der Waals surface area contributed by atoms with Gasteiger partial charge in [0.05, 0.1) is 5.69 Å². The molecule has 1 aromatic rings. The zero-order valence-electron chi connectivity index (χ0n) is 8.43. The second kappa shape index (κ2) is 4.75. The van der Waals surface area contributed by atoms with E-state index in [1.807, 2.05) is 13.8 Å². The van der Waals surface area contributed by atoms with E-state index in [2.05, 4.69) is 10.3 Å². The van der Waals surface area contributed by atoms with Crippen LogP contribution in [0, 0.1) is 6.92 Å². The van der Waals surface area contributed by atoms with E-state index in [-0.39, 0.29) is 5.91 Å². The van der Waals surface area contributed by atoms with Crippen LogP contribution in [0.1, 0.15) is 24.4 Å². The fraction of sp³-hybridized carbons (Fsp3) is 0.556. The third kappa shape index (κ3) is 2.69. The van der Waals surface area contributed by atoms with Crippen molar-refractivity contribution in [2.24, 2.45) is 0 Å². The van der Waals surface area contributed by atoms with Crippen LogP contribution in [0.15, 0.2) is 0 Å². The topological polar surface area (TPSA) is 42.0 Å². The highest BCUT2D eigenvalue weighted by molar-refractivity contribution is 7.15. The summed E-state index contributed by atoms with van der Waals surface area (Å²) in [6.07, 6.45) is 0.884. The highest BCUT2D eigenvalue weighted by Gasteiger charge is 2.12. The molecule has 0 aliphatic heterocycles. The zero-order chi connectivity index (χ0) is 10.7. The van der Waals surface area contributed by atoms with Gasteiger partial charge in [-0.2, -0.15) is 0 Å². The van der Waals surface area contributed by atoms with E-state index in [9.17, 15) is 4.79 Å². The summed E-state index contributed by atoms with van der Waals surface area (Å²) in [5.74, 6) is -0.205. The number of nitrogens with one attached hydrogen (secondary N) is 1. The molecule has 1 heterocycles. The second-order valence-electron chi connectivity index (χ2n) is 2.98. The van der Waals surface area contributed by atoms with Crippen LogP contribution in [0.2, 0.25) is 0 Å². The fourth-order valence-electron chi connectivity index (χ4n) is 1.01. The predicted molar refractivity (Wildman–Crippen MR) is 60.2 cm³/mol. The van der Waals surface area contributed by atoms with Gasteiger partial charge in [0.2, 0.25) is 5.91 Å². The first-order valence-electron chi connectivity index (χ1n) is 4.45. The van der Waals surface area contributed by atoms with Gasteiger partial charge in [-0.1, -0.05) is 6.92 Å². The van der Waals surface area contributed by atoms with Crippen molar-refractivity contribution in [1.82, 2.24) is 4.98 Å². The van der Waals surface area contributed by atoms with Crippen LogP contribution in [0.5, 0.6) is 0 Å². The number of hydrogen-bond donors (Lipinski definition) is 1. The molecule has 0 fully saturated rings. The monoisotopic (exact) mass is 232 g/mol. The number of nitrogens with zero attached hydrogens (tertiary/aromatic N) is 1. The van der Waals surface area contributed by atoms with Gasteiger partial charge in [0.15, 0.2) is 5.13 Å². The fourth-order valence-corrected chi connectivity index (χ4v) is 1.97. The van der Waals surface area contributed by atoms with Gasteiger partial charge in [-0.15, -0.1) is 22.9 Å². The molecule has 1 aromatic heterocycles. The van der Waals surface area contributed by atoms with Crippen molar-refractivity contribution in [1.29, 1.82) is 0 Å².